The van der Waals surface area contributed by atoms with E-state index in [1.807, 2.05) is 18.3 Å². The van der Waals surface area contributed by atoms with Gasteiger partial charge in [-0.3, -0.25) is 4.98 Å². The maximum atomic E-state index is 10.1. The average molecular weight is 324 g/mol. The summed E-state index contributed by atoms with van der Waals surface area (Å²) in [6, 6.07) is 10.7. The average Bonchev–Trinajstić information content (AvgIpc) is 2.64. The topological polar surface area (TPSA) is 54.4 Å². The standard InChI is InChI=1S/C20H24N2O2/c23-19-8-2-5-16-17(19)6-1-7-18(16)22-15-9-11-24-20(12-15)14-4-3-10-21-13-14/h2-5,8,10,13,15,18,20,22-23H,1,6-7,9,11-12H2/t15-,18?,20-/m1/s1. The van der Waals surface area contributed by atoms with Gasteiger partial charge in [0.2, 0.25) is 0 Å². The number of benzene rings is 1. The van der Waals surface area contributed by atoms with E-state index >= 15 is 0 Å². The van der Waals surface area contributed by atoms with E-state index in [4.69, 9.17) is 4.74 Å². The fourth-order valence-corrected chi connectivity index (χ4v) is 4.03. The van der Waals surface area contributed by atoms with Crippen molar-refractivity contribution in [3.8, 4) is 5.75 Å². The van der Waals surface area contributed by atoms with Gasteiger partial charge in [0.1, 0.15) is 5.75 Å². The Balaban J connectivity index is 1.47. The van der Waals surface area contributed by atoms with Crippen molar-refractivity contribution in [2.24, 2.45) is 0 Å². The Kier molecular flexibility index (Phi) is 4.50. The van der Waals surface area contributed by atoms with Crippen molar-refractivity contribution < 1.29 is 9.84 Å². The van der Waals surface area contributed by atoms with Crippen molar-refractivity contribution >= 4 is 0 Å². The molecule has 1 aliphatic carbocycles. The van der Waals surface area contributed by atoms with Crippen molar-refractivity contribution in [1.29, 1.82) is 0 Å². The van der Waals surface area contributed by atoms with Crippen LogP contribution in [-0.2, 0) is 11.2 Å². The van der Waals surface area contributed by atoms with Crippen LogP contribution in [0.3, 0.4) is 0 Å². The van der Waals surface area contributed by atoms with Crippen LogP contribution < -0.4 is 5.32 Å². The molecular formula is C20H24N2O2. The third-order valence-electron chi connectivity index (χ3n) is 5.26. The van der Waals surface area contributed by atoms with Crippen LogP contribution in [0.2, 0.25) is 0 Å². The molecule has 0 radical (unpaired) electrons. The van der Waals surface area contributed by atoms with Gasteiger partial charge < -0.3 is 15.2 Å². The molecule has 1 aromatic carbocycles. The summed E-state index contributed by atoms with van der Waals surface area (Å²) in [6.07, 6.45) is 9.05. The summed E-state index contributed by atoms with van der Waals surface area (Å²) in [5.41, 5.74) is 3.55. The molecule has 1 unspecified atom stereocenters. The molecule has 2 N–H and O–H groups in total. The van der Waals surface area contributed by atoms with E-state index in [1.165, 1.54) is 5.56 Å². The Morgan fingerprint density at radius 1 is 1.17 bits per heavy atom. The summed E-state index contributed by atoms with van der Waals surface area (Å²) in [7, 11) is 0. The van der Waals surface area contributed by atoms with Crippen molar-refractivity contribution in [2.75, 3.05) is 6.61 Å². The fourth-order valence-electron chi connectivity index (χ4n) is 4.03. The Hall–Kier alpha value is -1.91. The van der Waals surface area contributed by atoms with E-state index in [0.717, 1.165) is 49.8 Å². The predicted molar refractivity (Wildman–Crippen MR) is 92.9 cm³/mol. The predicted octanol–water partition coefficient (Wildman–Crippen LogP) is 3.67. The monoisotopic (exact) mass is 324 g/mol. The molecule has 0 bridgehead atoms. The zero-order chi connectivity index (χ0) is 16.4. The quantitative estimate of drug-likeness (QED) is 0.904. The maximum absolute atomic E-state index is 10.1. The molecule has 4 heteroatoms. The normalized spacial score (nSPS) is 26.8. The smallest absolute Gasteiger partial charge is 0.119 e. The number of pyridine rings is 1. The molecule has 24 heavy (non-hydrogen) atoms. The number of fused-ring (bicyclic) bond motifs is 1. The van der Waals surface area contributed by atoms with Crippen LogP contribution in [0.25, 0.3) is 0 Å². The lowest BCUT2D eigenvalue weighted by Crippen LogP contribution is -2.39. The highest BCUT2D eigenvalue weighted by molar-refractivity contribution is 5.42. The molecule has 126 valence electrons. The third-order valence-corrected chi connectivity index (χ3v) is 5.26. The molecule has 2 aliphatic rings. The zero-order valence-electron chi connectivity index (χ0n) is 13.8. The number of nitrogens with zero attached hydrogens (tertiary/aromatic N) is 1. The van der Waals surface area contributed by atoms with Gasteiger partial charge in [-0.15, -0.1) is 0 Å². The van der Waals surface area contributed by atoms with Crippen LogP contribution in [-0.4, -0.2) is 22.7 Å². The number of rotatable bonds is 3. The van der Waals surface area contributed by atoms with Crippen LogP contribution in [0.4, 0.5) is 0 Å². The summed E-state index contributed by atoms with van der Waals surface area (Å²) < 4.78 is 5.95. The largest absolute Gasteiger partial charge is 0.508 e. The fraction of sp³-hybridized carbons (Fsp3) is 0.450. The van der Waals surface area contributed by atoms with E-state index in [1.54, 1.807) is 12.3 Å². The Morgan fingerprint density at radius 2 is 2.12 bits per heavy atom. The van der Waals surface area contributed by atoms with Gasteiger partial charge in [-0.05, 0) is 60.9 Å². The second-order valence-electron chi connectivity index (χ2n) is 6.82. The highest BCUT2D eigenvalue weighted by atomic mass is 16.5. The van der Waals surface area contributed by atoms with Gasteiger partial charge in [-0.25, -0.2) is 0 Å². The Bertz CT molecular complexity index is 689. The van der Waals surface area contributed by atoms with E-state index in [0.29, 0.717) is 17.8 Å². The molecule has 3 atom stereocenters. The molecule has 4 nitrogen and oxygen atoms in total. The minimum absolute atomic E-state index is 0.122. The number of aromatic hydroxyl groups is 1. The van der Waals surface area contributed by atoms with Crippen molar-refractivity contribution in [2.45, 2.75) is 50.3 Å². The molecule has 0 amide bonds. The van der Waals surface area contributed by atoms with Gasteiger partial charge in [0.15, 0.2) is 0 Å². The minimum Gasteiger partial charge on any atom is -0.508 e. The minimum atomic E-state index is 0.122. The molecular weight excluding hydrogens is 300 g/mol. The number of ether oxygens (including phenoxy) is 1. The summed E-state index contributed by atoms with van der Waals surface area (Å²) >= 11 is 0. The number of nitrogens with one attached hydrogen (secondary N) is 1. The molecule has 2 heterocycles. The number of hydrogen-bond donors (Lipinski definition) is 2. The third kappa shape index (κ3) is 3.17. The highest BCUT2D eigenvalue weighted by Gasteiger charge is 2.28. The zero-order valence-corrected chi connectivity index (χ0v) is 13.8. The SMILES string of the molecule is Oc1cccc2c1CCCC2N[C@@H]1CCO[C@@H](c2cccnc2)C1. The first kappa shape index (κ1) is 15.6. The van der Waals surface area contributed by atoms with E-state index in [-0.39, 0.29) is 6.10 Å². The summed E-state index contributed by atoms with van der Waals surface area (Å²) in [5, 5.41) is 13.9. The van der Waals surface area contributed by atoms with Gasteiger partial charge in [-0.1, -0.05) is 18.2 Å². The van der Waals surface area contributed by atoms with Crippen molar-refractivity contribution in [1.82, 2.24) is 10.3 Å². The molecule has 1 aromatic heterocycles. The lowest BCUT2D eigenvalue weighted by Gasteiger charge is -2.35. The van der Waals surface area contributed by atoms with Gasteiger partial charge in [0.05, 0.1) is 6.10 Å². The van der Waals surface area contributed by atoms with Crippen LogP contribution >= 0.6 is 0 Å². The first-order valence-electron chi connectivity index (χ1n) is 8.89. The van der Waals surface area contributed by atoms with E-state index in [9.17, 15) is 5.11 Å². The number of hydrogen-bond acceptors (Lipinski definition) is 4. The number of phenolic OH excluding ortho intramolecular Hbond substituents is 1. The lowest BCUT2D eigenvalue weighted by atomic mass is 9.86. The molecule has 4 rings (SSSR count). The van der Waals surface area contributed by atoms with Crippen LogP contribution in [0.15, 0.2) is 42.7 Å². The van der Waals surface area contributed by atoms with Crippen LogP contribution in [0.5, 0.6) is 5.75 Å². The first-order valence-corrected chi connectivity index (χ1v) is 8.89. The highest BCUT2D eigenvalue weighted by Crippen LogP contribution is 2.36. The summed E-state index contributed by atoms with van der Waals surface area (Å²) in [6.45, 7) is 0.775. The Labute approximate surface area is 142 Å². The van der Waals surface area contributed by atoms with Crippen LogP contribution in [0.1, 0.15) is 54.5 Å². The second kappa shape index (κ2) is 6.91. The molecule has 0 spiro atoms. The lowest BCUT2D eigenvalue weighted by molar-refractivity contribution is -0.00233. The summed E-state index contributed by atoms with van der Waals surface area (Å²) in [5.74, 6) is 0.444. The van der Waals surface area contributed by atoms with Crippen LogP contribution in [0, 0.1) is 0 Å². The molecule has 1 saturated heterocycles. The van der Waals surface area contributed by atoms with Gasteiger partial charge in [0, 0.05) is 31.1 Å². The van der Waals surface area contributed by atoms with Crippen molar-refractivity contribution in [3.63, 3.8) is 0 Å². The van der Waals surface area contributed by atoms with Gasteiger partial charge in [0.25, 0.3) is 0 Å². The molecule has 2 aromatic rings. The molecule has 1 aliphatic heterocycles. The molecule has 0 saturated carbocycles. The van der Waals surface area contributed by atoms with Crippen molar-refractivity contribution in [3.05, 3.63) is 59.4 Å². The maximum Gasteiger partial charge on any atom is 0.119 e. The first-order chi connectivity index (χ1) is 11.8. The Morgan fingerprint density at radius 3 is 3.00 bits per heavy atom. The van der Waals surface area contributed by atoms with Gasteiger partial charge in [-0.2, -0.15) is 0 Å². The van der Waals surface area contributed by atoms with Gasteiger partial charge >= 0.3 is 0 Å². The number of phenols is 1. The molecule has 1 fully saturated rings. The van der Waals surface area contributed by atoms with E-state index in [2.05, 4.69) is 22.4 Å². The number of aromatic nitrogens is 1. The summed E-state index contributed by atoms with van der Waals surface area (Å²) in [4.78, 5) is 4.21. The van der Waals surface area contributed by atoms with E-state index < -0.39 is 0 Å². The second-order valence-corrected chi connectivity index (χ2v) is 6.82.